The Morgan fingerprint density at radius 1 is 1.04 bits per heavy atom. The van der Waals surface area contributed by atoms with E-state index >= 15 is 0 Å². The molecule has 0 aliphatic heterocycles. The van der Waals surface area contributed by atoms with Gasteiger partial charge in [-0.25, -0.2) is 0 Å². The molecular weight excluding hydrogens is 292 g/mol. The first-order valence-corrected chi connectivity index (χ1v) is 7.22. The highest BCUT2D eigenvalue weighted by molar-refractivity contribution is 5.99. The largest absolute Gasteiger partial charge is 0.493 e. The molecule has 0 unspecified atom stereocenters. The summed E-state index contributed by atoms with van der Waals surface area (Å²) in [6.07, 6.45) is 0.159. The van der Waals surface area contributed by atoms with E-state index in [-0.39, 0.29) is 18.9 Å². The molecule has 0 saturated heterocycles. The van der Waals surface area contributed by atoms with Crippen LogP contribution in [0.3, 0.4) is 0 Å². The van der Waals surface area contributed by atoms with Crippen molar-refractivity contribution in [3.63, 3.8) is 0 Å². The number of fused-ring (bicyclic) bond motifs is 1. The molecule has 0 atom stereocenters. The zero-order valence-corrected chi connectivity index (χ0v) is 12.4. The summed E-state index contributed by atoms with van der Waals surface area (Å²) in [5.41, 5.74) is 5.87. The number of carbonyl (C=O) groups excluding carboxylic acids is 1. The molecule has 3 aromatic rings. The number of azo groups is 1. The Balaban J connectivity index is 1.59. The molecule has 3 N–H and O–H groups in total. The normalized spacial score (nSPS) is 11.1. The van der Waals surface area contributed by atoms with Gasteiger partial charge in [-0.2, -0.15) is 0 Å². The van der Waals surface area contributed by atoms with E-state index in [9.17, 15) is 4.79 Å². The molecule has 2 aromatic carbocycles. The van der Waals surface area contributed by atoms with Crippen LogP contribution in [0.5, 0.6) is 5.75 Å². The number of hydrogen-bond donors (Lipinski definition) is 2. The molecule has 0 aliphatic rings. The molecule has 6 nitrogen and oxygen atoms in total. The number of aromatic amines is 1. The second-order valence-corrected chi connectivity index (χ2v) is 4.94. The maximum Gasteiger partial charge on any atom is 0.268 e. The second kappa shape index (κ2) is 6.74. The van der Waals surface area contributed by atoms with Crippen molar-refractivity contribution < 1.29 is 9.53 Å². The van der Waals surface area contributed by atoms with Crippen LogP contribution in [0.25, 0.3) is 10.8 Å². The summed E-state index contributed by atoms with van der Waals surface area (Å²) < 4.78 is 5.45. The Kier molecular flexibility index (Phi) is 4.33. The Bertz CT molecular complexity index is 840. The van der Waals surface area contributed by atoms with Crippen molar-refractivity contribution in [3.05, 3.63) is 54.6 Å². The van der Waals surface area contributed by atoms with E-state index in [4.69, 9.17) is 10.5 Å². The van der Waals surface area contributed by atoms with Crippen molar-refractivity contribution in [2.75, 3.05) is 12.3 Å². The van der Waals surface area contributed by atoms with E-state index < -0.39 is 0 Å². The van der Waals surface area contributed by atoms with Gasteiger partial charge in [0.25, 0.3) is 5.91 Å². The van der Waals surface area contributed by atoms with Gasteiger partial charge < -0.3 is 15.5 Å². The van der Waals surface area contributed by atoms with Crippen LogP contribution >= 0.6 is 0 Å². The number of nitrogen functional groups attached to an aromatic ring is 1. The van der Waals surface area contributed by atoms with Gasteiger partial charge in [0, 0.05) is 10.8 Å². The van der Waals surface area contributed by atoms with Crippen molar-refractivity contribution in [1.29, 1.82) is 0 Å². The maximum atomic E-state index is 11.8. The fraction of sp³-hybridized carbons (Fsp3) is 0.118. The van der Waals surface area contributed by atoms with Gasteiger partial charge in [-0.05, 0) is 12.1 Å². The number of nitrogens with zero attached hydrogens (tertiary/aromatic N) is 2. The number of H-pyrrole nitrogens is 1. The number of para-hydroxylation sites is 1. The molecule has 0 bridgehead atoms. The van der Waals surface area contributed by atoms with Gasteiger partial charge in [-0.15, -0.1) is 10.2 Å². The first kappa shape index (κ1) is 14.8. The lowest BCUT2D eigenvalue weighted by molar-refractivity contribution is -0.118. The lowest BCUT2D eigenvalue weighted by Crippen LogP contribution is -2.03. The summed E-state index contributed by atoms with van der Waals surface area (Å²) in [6, 6.07) is 16.8. The second-order valence-electron chi connectivity index (χ2n) is 4.94. The topological polar surface area (TPSA) is 92.8 Å². The van der Waals surface area contributed by atoms with E-state index in [0.717, 1.165) is 16.5 Å². The SMILES string of the molecule is Nc1[nH]c(N=NC(=O)CCOc2ccccc2)c2ccccc12. The minimum atomic E-state index is -0.349. The zero-order chi connectivity index (χ0) is 16.1. The van der Waals surface area contributed by atoms with Crippen molar-refractivity contribution in [3.8, 4) is 5.75 Å². The molecule has 6 heteroatoms. The molecule has 0 spiro atoms. The number of nitrogens with one attached hydrogen (secondary N) is 1. The number of ether oxygens (including phenoxy) is 1. The van der Waals surface area contributed by atoms with Gasteiger partial charge in [0.1, 0.15) is 11.6 Å². The van der Waals surface area contributed by atoms with Crippen LogP contribution in [-0.4, -0.2) is 17.5 Å². The molecule has 3 rings (SSSR count). The fourth-order valence-corrected chi connectivity index (χ4v) is 2.19. The Morgan fingerprint density at radius 3 is 2.52 bits per heavy atom. The summed E-state index contributed by atoms with van der Waals surface area (Å²) >= 11 is 0. The van der Waals surface area contributed by atoms with Gasteiger partial charge in [0.15, 0.2) is 5.82 Å². The third-order valence-electron chi connectivity index (χ3n) is 3.31. The van der Waals surface area contributed by atoms with Crippen molar-refractivity contribution in [1.82, 2.24) is 4.98 Å². The molecule has 1 amide bonds. The first-order valence-electron chi connectivity index (χ1n) is 7.22. The van der Waals surface area contributed by atoms with Crippen LogP contribution in [0.15, 0.2) is 64.8 Å². The minimum Gasteiger partial charge on any atom is -0.493 e. The zero-order valence-electron chi connectivity index (χ0n) is 12.4. The van der Waals surface area contributed by atoms with Crippen LogP contribution in [0.1, 0.15) is 6.42 Å². The van der Waals surface area contributed by atoms with Gasteiger partial charge in [-0.3, -0.25) is 4.79 Å². The van der Waals surface area contributed by atoms with Crippen LogP contribution in [0.4, 0.5) is 11.6 Å². The maximum absolute atomic E-state index is 11.8. The van der Waals surface area contributed by atoms with Gasteiger partial charge in [-0.1, -0.05) is 42.5 Å². The molecule has 0 fully saturated rings. The third kappa shape index (κ3) is 3.55. The summed E-state index contributed by atoms with van der Waals surface area (Å²) in [5.74, 6) is 1.36. The smallest absolute Gasteiger partial charge is 0.268 e. The van der Waals surface area contributed by atoms with Gasteiger partial charge in [0.2, 0.25) is 0 Å². The Hall–Kier alpha value is -3.15. The summed E-state index contributed by atoms with van der Waals surface area (Å²) in [7, 11) is 0. The highest BCUT2D eigenvalue weighted by atomic mass is 16.5. The van der Waals surface area contributed by atoms with E-state index in [1.54, 1.807) is 0 Å². The van der Waals surface area contributed by atoms with Crippen LogP contribution in [0.2, 0.25) is 0 Å². The average molecular weight is 308 g/mol. The molecule has 116 valence electrons. The van der Waals surface area contributed by atoms with Gasteiger partial charge in [0.05, 0.1) is 13.0 Å². The Morgan fingerprint density at radius 2 is 1.74 bits per heavy atom. The minimum absolute atomic E-state index is 0.159. The number of rotatable bonds is 5. The predicted molar refractivity (Wildman–Crippen MR) is 88.8 cm³/mol. The van der Waals surface area contributed by atoms with E-state index in [0.29, 0.717) is 11.6 Å². The number of nitrogens with two attached hydrogens (primary N) is 1. The molecule has 1 aromatic heterocycles. The van der Waals surface area contributed by atoms with Crippen LogP contribution in [-0.2, 0) is 4.79 Å². The van der Waals surface area contributed by atoms with Crippen molar-refractivity contribution in [2.24, 2.45) is 10.2 Å². The van der Waals surface area contributed by atoms with Crippen LogP contribution < -0.4 is 10.5 Å². The molecule has 1 heterocycles. The molecule has 23 heavy (non-hydrogen) atoms. The van der Waals surface area contributed by atoms with E-state index in [1.165, 1.54) is 0 Å². The lowest BCUT2D eigenvalue weighted by Gasteiger charge is -2.02. The Labute approximate surface area is 133 Å². The highest BCUT2D eigenvalue weighted by Crippen LogP contribution is 2.30. The predicted octanol–water partition coefficient (Wildman–Crippen LogP) is 3.83. The monoisotopic (exact) mass is 308 g/mol. The van der Waals surface area contributed by atoms with E-state index in [1.807, 2.05) is 54.6 Å². The molecular formula is C17H16N4O2. The number of anilines is 1. The fourth-order valence-electron chi connectivity index (χ4n) is 2.19. The number of benzene rings is 2. The number of aromatic nitrogens is 1. The first-order chi connectivity index (χ1) is 11.2. The number of amides is 1. The molecule has 0 radical (unpaired) electrons. The summed E-state index contributed by atoms with van der Waals surface area (Å²) in [5, 5.41) is 9.37. The van der Waals surface area contributed by atoms with Crippen molar-refractivity contribution >= 4 is 28.3 Å². The van der Waals surface area contributed by atoms with E-state index in [2.05, 4.69) is 15.2 Å². The quantitative estimate of drug-likeness (QED) is 0.701. The standard InChI is InChI=1S/C17H16N4O2/c18-16-13-8-4-5-9-14(13)17(19-16)21-20-15(22)10-11-23-12-6-2-1-3-7-12/h1-9,19H,10-11,18H2. The third-order valence-corrected chi connectivity index (χ3v) is 3.31. The average Bonchev–Trinajstić information content (AvgIpc) is 2.91. The van der Waals surface area contributed by atoms with Crippen molar-refractivity contribution in [2.45, 2.75) is 6.42 Å². The number of hydrogen-bond acceptors (Lipinski definition) is 4. The molecule has 0 saturated carbocycles. The lowest BCUT2D eigenvalue weighted by atomic mass is 10.2. The molecule has 0 aliphatic carbocycles. The summed E-state index contributed by atoms with van der Waals surface area (Å²) in [6.45, 7) is 0.259. The van der Waals surface area contributed by atoms with Gasteiger partial charge >= 0.3 is 0 Å². The summed E-state index contributed by atoms with van der Waals surface area (Å²) in [4.78, 5) is 14.7. The highest BCUT2D eigenvalue weighted by Gasteiger charge is 2.07. The number of carbonyl (C=O) groups is 1. The van der Waals surface area contributed by atoms with Crippen LogP contribution in [0, 0.1) is 0 Å².